The van der Waals surface area contributed by atoms with E-state index in [2.05, 4.69) is 26.1 Å². The number of nitrogens with one attached hydrogen (secondary N) is 1. The molecule has 1 N–H and O–H groups in total. The summed E-state index contributed by atoms with van der Waals surface area (Å²) < 4.78 is 1.06. The second-order valence-electron chi connectivity index (χ2n) is 5.95. The van der Waals surface area contributed by atoms with Gasteiger partial charge in [-0.3, -0.25) is 4.79 Å². The monoisotopic (exact) mass is 336 g/mol. The van der Waals surface area contributed by atoms with E-state index in [1.165, 1.54) is 12.8 Å². The van der Waals surface area contributed by atoms with Crippen LogP contribution in [-0.4, -0.2) is 36.0 Å². The Labute approximate surface area is 128 Å². The number of carbonyl (C=O) groups is 1. The van der Waals surface area contributed by atoms with Gasteiger partial charge in [0.1, 0.15) is 0 Å². The molecule has 1 atom stereocenters. The molecule has 2 fully saturated rings. The van der Waals surface area contributed by atoms with E-state index >= 15 is 0 Å². The maximum atomic E-state index is 12.8. The van der Waals surface area contributed by atoms with Crippen molar-refractivity contribution in [3.8, 4) is 0 Å². The van der Waals surface area contributed by atoms with E-state index in [9.17, 15) is 4.79 Å². The molecule has 108 valence electrons. The van der Waals surface area contributed by atoms with E-state index in [0.29, 0.717) is 12.1 Å². The molecule has 1 aliphatic heterocycles. The minimum absolute atomic E-state index is 0.191. The summed E-state index contributed by atoms with van der Waals surface area (Å²) in [6.07, 6.45) is 4.74. The highest BCUT2D eigenvalue weighted by Crippen LogP contribution is 2.29. The largest absolute Gasteiger partial charge is 0.334 e. The first kappa shape index (κ1) is 14.1. The number of hydrogen-bond donors (Lipinski definition) is 1. The van der Waals surface area contributed by atoms with Crippen LogP contribution in [0.1, 0.15) is 41.6 Å². The average Bonchev–Trinajstić information content (AvgIpc) is 3.15. The van der Waals surface area contributed by atoms with E-state index in [0.717, 1.165) is 41.5 Å². The summed E-state index contributed by atoms with van der Waals surface area (Å²) >= 11 is 3.49. The van der Waals surface area contributed by atoms with Gasteiger partial charge < -0.3 is 10.2 Å². The van der Waals surface area contributed by atoms with Crippen LogP contribution in [0.25, 0.3) is 0 Å². The first-order valence-corrected chi connectivity index (χ1v) is 8.25. The van der Waals surface area contributed by atoms with Crippen molar-refractivity contribution in [2.24, 2.45) is 0 Å². The van der Waals surface area contributed by atoms with Crippen LogP contribution in [0.5, 0.6) is 0 Å². The lowest BCUT2D eigenvalue weighted by Crippen LogP contribution is -2.42. The zero-order valence-corrected chi connectivity index (χ0v) is 13.4. The third-order valence-corrected chi connectivity index (χ3v) is 5.12. The second-order valence-corrected chi connectivity index (χ2v) is 6.80. The standard InChI is InChI=1S/C16H21BrN2O/c1-11-9-12(4-7-15(11)17)16(20)19(14-5-6-14)10-13-3-2-8-18-13/h4,7,9,13-14,18H,2-3,5-6,8,10H2,1H3. The van der Waals surface area contributed by atoms with Crippen LogP contribution in [-0.2, 0) is 0 Å². The number of hydrogen-bond acceptors (Lipinski definition) is 2. The summed E-state index contributed by atoms with van der Waals surface area (Å²) in [4.78, 5) is 14.8. The molecule has 1 aliphatic carbocycles. The predicted octanol–water partition coefficient (Wildman–Crippen LogP) is 3.11. The van der Waals surface area contributed by atoms with E-state index in [1.807, 2.05) is 25.1 Å². The average molecular weight is 337 g/mol. The Bertz CT molecular complexity index is 507. The number of rotatable bonds is 4. The topological polar surface area (TPSA) is 32.3 Å². The fourth-order valence-corrected chi connectivity index (χ4v) is 3.12. The SMILES string of the molecule is Cc1cc(C(=O)N(CC2CCCN2)C2CC2)ccc1Br. The Kier molecular flexibility index (Phi) is 4.13. The normalized spacial score (nSPS) is 22.0. The first-order chi connectivity index (χ1) is 9.65. The lowest BCUT2D eigenvalue weighted by atomic mass is 10.1. The molecular weight excluding hydrogens is 316 g/mol. The van der Waals surface area contributed by atoms with Gasteiger partial charge in [0, 0.05) is 28.7 Å². The molecule has 3 nitrogen and oxygen atoms in total. The third kappa shape index (κ3) is 3.07. The summed E-state index contributed by atoms with van der Waals surface area (Å²) in [5.74, 6) is 0.191. The molecule has 0 spiro atoms. The van der Waals surface area contributed by atoms with Crippen LogP contribution < -0.4 is 5.32 Å². The van der Waals surface area contributed by atoms with Crippen LogP contribution in [0.15, 0.2) is 22.7 Å². The highest BCUT2D eigenvalue weighted by molar-refractivity contribution is 9.10. The molecule has 0 aromatic heterocycles. The smallest absolute Gasteiger partial charge is 0.254 e. The maximum absolute atomic E-state index is 12.8. The van der Waals surface area contributed by atoms with Crippen molar-refractivity contribution in [3.63, 3.8) is 0 Å². The van der Waals surface area contributed by atoms with E-state index < -0.39 is 0 Å². The lowest BCUT2D eigenvalue weighted by molar-refractivity contribution is 0.0728. The van der Waals surface area contributed by atoms with Gasteiger partial charge in [-0.05, 0) is 62.9 Å². The molecule has 20 heavy (non-hydrogen) atoms. The van der Waals surface area contributed by atoms with E-state index in [4.69, 9.17) is 0 Å². The molecular formula is C16H21BrN2O. The quantitative estimate of drug-likeness (QED) is 0.916. The summed E-state index contributed by atoms with van der Waals surface area (Å²) in [6.45, 7) is 3.98. The van der Waals surface area contributed by atoms with Gasteiger partial charge in [0.25, 0.3) is 5.91 Å². The Hall–Kier alpha value is -0.870. The van der Waals surface area contributed by atoms with Crippen LogP contribution in [0, 0.1) is 6.92 Å². The molecule has 1 amide bonds. The zero-order valence-electron chi connectivity index (χ0n) is 11.9. The van der Waals surface area contributed by atoms with Gasteiger partial charge in [-0.2, -0.15) is 0 Å². The molecule has 0 radical (unpaired) electrons. The molecule has 1 saturated carbocycles. The second kappa shape index (κ2) is 5.86. The highest BCUT2D eigenvalue weighted by Gasteiger charge is 2.35. The number of benzene rings is 1. The molecule has 2 aliphatic rings. The Balaban J connectivity index is 1.75. The van der Waals surface area contributed by atoms with Gasteiger partial charge in [0.05, 0.1) is 0 Å². The predicted molar refractivity (Wildman–Crippen MR) is 84.0 cm³/mol. The summed E-state index contributed by atoms with van der Waals surface area (Å²) in [6, 6.07) is 6.84. The van der Waals surface area contributed by atoms with Gasteiger partial charge in [-0.1, -0.05) is 15.9 Å². The van der Waals surface area contributed by atoms with Gasteiger partial charge in [0.15, 0.2) is 0 Å². The van der Waals surface area contributed by atoms with Gasteiger partial charge in [-0.15, -0.1) is 0 Å². The maximum Gasteiger partial charge on any atom is 0.254 e. The third-order valence-electron chi connectivity index (χ3n) is 4.23. The number of carbonyl (C=O) groups excluding carboxylic acids is 1. The van der Waals surface area contributed by atoms with Crippen molar-refractivity contribution >= 4 is 21.8 Å². The molecule has 1 aromatic rings. The minimum atomic E-state index is 0.191. The molecule has 1 saturated heterocycles. The van der Waals surface area contributed by atoms with Crippen molar-refractivity contribution < 1.29 is 4.79 Å². The van der Waals surface area contributed by atoms with Crippen molar-refractivity contribution in [1.82, 2.24) is 10.2 Å². The fourth-order valence-electron chi connectivity index (χ4n) is 2.88. The molecule has 3 rings (SSSR count). The number of amides is 1. The van der Waals surface area contributed by atoms with Crippen molar-refractivity contribution in [2.45, 2.75) is 44.7 Å². The van der Waals surface area contributed by atoms with Crippen LogP contribution in [0.2, 0.25) is 0 Å². The van der Waals surface area contributed by atoms with Crippen molar-refractivity contribution in [1.29, 1.82) is 0 Å². The van der Waals surface area contributed by atoms with Crippen LogP contribution in [0.4, 0.5) is 0 Å². The van der Waals surface area contributed by atoms with Gasteiger partial charge in [0.2, 0.25) is 0 Å². The summed E-state index contributed by atoms with van der Waals surface area (Å²) in [7, 11) is 0. The Morgan fingerprint density at radius 2 is 2.20 bits per heavy atom. The minimum Gasteiger partial charge on any atom is -0.334 e. The van der Waals surface area contributed by atoms with E-state index in [-0.39, 0.29) is 5.91 Å². The van der Waals surface area contributed by atoms with Crippen LogP contribution in [0.3, 0.4) is 0 Å². The molecule has 4 heteroatoms. The molecule has 0 bridgehead atoms. The number of aryl methyl sites for hydroxylation is 1. The Morgan fingerprint density at radius 3 is 2.80 bits per heavy atom. The first-order valence-electron chi connectivity index (χ1n) is 7.45. The Morgan fingerprint density at radius 1 is 1.40 bits per heavy atom. The molecule has 1 unspecified atom stereocenters. The number of nitrogens with zero attached hydrogens (tertiary/aromatic N) is 1. The van der Waals surface area contributed by atoms with Gasteiger partial charge >= 0.3 is 0 Å². The van der Waals surface area contributed by atoms with E-state index in [1.54, 1.807) is 0 Å². The molecule has 1 aromatic carbocycles. The fraction of sp³-hybridized carbons (Fsp3) is 0.562. The van der Waals surface area contributed by atoms with Crippen molar-refractivity contribution in [3.05, 3.63) is 33.8 Å². The molecule has 1 heterocycles. The van der Waals surface area contributed by atoms with Gasteiger partial charge in [-0.25, -0.2) is 0 Å². The number of halogens is 1. The van der Waals surface area contributed by atoms with Crippen molar-refractivity contribution in [2.75, 3.05) is 13.1 Å². The zero-order chi connectivity index (χ0) is 14.1. The summed E-state index contributed by atoms with van der Waals surface area (Å²) in [5.41, 5.74) is 1.93. The summed E-state index contributed by atoms with van der Waals surface area (Å²) in [5, 5.41) is 3.50. The van der Waals surface area contributed by atoms with Crippen LogP contribution >= 0.6 is 15.9 Å². The highest BCUT2D eigenvalue weighted by atomic mass is 79.9. The lowest BCUT2D eigenvalue weighted by Gasteiger charge is -2.26.